The molecule has 16 heavy (non-hydrogen) atoms. The number of nitrogens with zero attached hydrogens (tertiary/aromatic N) is 1. The molecule has 1 saturated heterocycles. The zero-order chi connectivity index (χ0) is 11.5. The van der Waals surface area contributed by atoms with Crippen LogP contribution in [0.1, 0.15) is 23.2 Å². The molecular weight excluding hydrogens is 206 g/mol. The van der Waals surface area contributed by atoms with Gasteiger partial charge in [0.2, 0.25) is 0 Å². The Kier molecular flexibility index (Phi) is 3.10. The molecule has 1 unspecified atom stereocenters. The highest BCUT2D eigenvalue weighted by molar-refractivity contribution is 5.88. The van der Waals surface area contributed by atoms with Crippen LogP contribution in [0.5, 0.6) is 0 Å². The van der Waals surface area contributed by atoms with E-state index in [9.17, 15) is 9.90 Å². The third-order valence-corrected chi connectivity index (χ3v) is 2.85. The zero-order valence-electron chi connectivity index (χ0n) is 8.97. The third-order valence-electron chi connectivity index (χ3n) is 2.85. The van der Waals surface area contributed by atoms with Gasteiger partial charge in [0, 0.05) is 18.8 Å². The second-order valence-electron chi connectivity index (χ2n) is 4.10. The van der Waals surface area contributed by atoms with Gasteiger partial charge in [0.25, 0.3) is 0 Å². The monoisotopic (exact) mass is 221 g/mol. The molecule has 1 aromatic carbocycles. The fourth-order valence-electron chi connectivity index (χ4n) is 2.02. The molecule has 0 saturated carbocycles. The minimum absolute atomic E-state index is 0.289. The van der Waals surface area contributed by atoms with Crippen LogP contribution in [0.3, 0.4) is 0 Å². The van der Waals surface area contributed by atoms with Crippen molar-refractivity contribution in [2.75, 3.05) is 18.0 Å². The van der Waals surface area contributed by atoms with Crippen LogP contribution in [-0.4, -0.2) is 35.4 Å². The number of carbonyl (C=O) groups is 1. The molecule has 1 fully saturated rings. The Hall–Kier alpha value is -1.55. The van der Waals surface area contributed by atoms with E-state index in [4.69, 9.17) is 5.11 Å². The predicted molar refractivity (Wildman–Crippen MR) is 60.9 cm³/mol. The fourth-order valence-corrected chi connectivity index (χ4v) is 2.02. The smallest absolute Gasteiger partial charge is 0.335 e. The number of aromatic carboxylic acids is 1. The molecule has 1 heterocycles. The molecule has 2 rings (SSSR count). The Morgan fingerprint density at radius 2 is 2.25 bits per heavy atom. The SMILES string of the molecule is O=C(O)c1cccc(N2CCCC(O)C2)c1. The predicted octanol–water partition coefficient (Wildman–Crippen LogP) is 1.35. The summed E-state index contributed by atoms with van der Waals surface area (Å²) >= 11 is 0. The van der Waals surface area contributed by atoms with Gasteiger partial charge in [-0.1, -0.05) is 6.07 Å². The maximum atomic E-state index is 10.8. The summed E-state index contributed by atoms with van der Waals surface area (Å²) in [5.74, 6) is -0.917. The molecule has 1 aliphatic rings. The van der Waals surface area contributed by atoms with Crippen LogP contribution in [0.15, 0.2) is 24.3 Å². The first-order chi connectivity index (χ1) is 7.66. The fraction of sp³-hybridized carbons (Fsp3) is 0.417. The Bertz CT molecular complexity index is 392. The summed E-state index contributed by atoms with van der Waals surface area (Å²) in [7, 11) is 0. The first-order valence-corrected chi connectivity index (χ1v) is 5.43. The number of anilines is 1. The quantitative estimate of drug-likeness (QED) is 0.791. The van der Waals surface area contributed by atoms with Crippen molar-refractivity contribution in [3.8, 4) is 0 Å². The van der Waals surface area contributed by atoms with E-state index in [1.807, 2.05) is 11.0 Å². The van der Waals surface area contributed by atoms with Crippen LogP contribution in [0.4, 0.5) is 5.69 Å². The van der Waals surface area contributed by atoms with E-state index in [0.717, 1.165) is 25.1 Å². The lowest BCUT2D eigenvalue weighted by Crippen LogP contribution is -2.38. The van der Waals surface area contributed by atoms with Gasteiger partial charge in [-0.3, -0.25) is 0 Å². The average molecular weight is 221 g/mol. The number of aliphatic hydroxyl groups is 1. The van der Waals surface area contributed by atoms with Gasteiger partial charge in [-0.2, -0.15) is 0 Å². The number of hydrogen-bond acceptors (Lipinski definition) is 3. The second-order valence-corrected chi connectivity index (χ2v) is 4.10. The molecule has 0 amide bonds. The van der Waals surface area contributed by atoms with Crippen molar-refractivity contribution in [1.82, 2.24) is 0 Å². The summed E-state index contributed by atoms with van der Waals surface area (Å²) in [6.07, 6.45) is 1.47. The number of rotatable bonds is 2. The van der Waals surface area contributed by atoms with Crippen molar-refractivity contribution in [2.24, 2.45) is 0 Å². The highest BCUT2D eigenvalue weighted by atomic mass is 16.4. The van der Waals surface area contributed by atoms with Gasteiger partial charge in [-0.25, -0.2) is 4.79 Å². The van der Waals surface area contributed by atoms with Crippen molar-refractivity contribution >= 4 is 11.7 Å². The number of carboxylic acids is 1. The summed E-state index contributed by atoms with van der Waals surface area (Å²) in [4.78, 5) is 12.9. The van der Waals surface area contributed by atoms with Gasteiger partial charge in [-0.15, -0.1) is 0 Å². The summed E-state index contributed by atoms with van der Waals surface area (Å²) in [6, 6.07) is 6.84. The summed E-state index contributed by atoms with van der Waals surface area (Å²) < 4.78 is 0. The van der Waals surface area contributed by atoms with E-state index in [0.29, 0.717) is 6.54 Å². The molecule has 0 spiro atoms. The molecule has 1 atom stereocenters. The molecule has 0 bridgehead atoms. The van der Waals surface area contributed by atoms with Crippen LogP contribution in [0.25, 0.3) is 0 Å². The third kappa shape index (κ3) is 2.33. The maximum Gasteiger partial charge on any atom is 0.335 e. The molecule has 0 aliphatic carbocycles. The van der Waals surface area contributed by atoms with Crippen LogP contribution >= 0.6 is 0 Å². The van der Waals surface area contributed by atoms with Crippen molar-refractivity contribution in [1.29, 1.82) is 0 Å². The first-order valence-electron chi connectivity index (χ1n) is 5.43. The van der Waals surface area contributed by atoms with Gasteiger partial charge >= 0.3 is 5.97 Å². The van der Waals surface area contributed by atoms with E-state index in [1.165, 1.54) is 0 Å². The summed E-state index contributed by atoms with van der Waals surface area (Å²) in [6.45, 7) is 1.46. The topological polar surface area (TPSA) is 60.8 Å². The lowest BCUT2D eigenvalue weighted by Gasteiger charge is -2.32. The van der Waals surface area contributed by atoms with Crippen molar-refractivity contribution < 1.29 is 15.0 Å². The van der Waals surface area contributed by atoms with E-state index < -0.39 is 5.97 Å². The molecule has 1 aliphatic heterocycles. The molecular formula is C12H15NO3. The lowest BCUT2D eigenvalue weighted by molar-refractivity contribution is 0.0697. The number of aliphatic hydroxyl groups excluding tert-OH is 1. The zero-order valence-corrected chi connectivity index (χ0v) is 8.97. The molecule has 86 valence electrons. The van der Waals surface area contributed by atoms with Crippen molar-refractivity contribution in [2.45, 2.75) is 18.9 Å². The molecule has 4 heteroatoms. The Labute approximate surface area is 94.1 Å². The second kappa shape index (κ2) is 4.53. The minimum Gasteiger partial charge on any atom is -0.478 e. The van der Waals surface area contributed by atoms with E-state index in [2.05, 4.69) is 0 Å². The Balaban J connectivity index is 2.19. The number of benzene rings is 1. The number of hydrogen-bond donors (Lipinski definition) is 2. The van der Waals surface area contributed by atoms with E-state index in [1.54, 1.807) is 18.2 Å². The van der Waals surface area contributed by atoms with Crippen LogP contribution < -0.4 is 4.90 Å². The largest absolute Gasteiger partial charge is 0.478 e. The Morgan fingerprint density at radius 1 is 1.44 bits per heavy atom. The van der Waals surface area contributed by atoms with Gasteiger partial charge in [0.15, 0.2) is 0 Å². The number of carboxylic acid groups (broad SMARTS) is 1. The van der Waals surface area contributed by atoms with Crippen molar-refractivity contribution in [3.63, 3.8) is 0 Å². The lowest BCUT2D eigenvalue weighted by atomic mass is 10.1. The average Bonchev–Trinajstić information content (AvgIpc) is 2.29. The van der Waals surface area contributed by atoms with Crippen LogP contribution in [0, 0.1) is 0 Å². The number of piperidine rings is 1. The highest BCUT2D eigenvalue weighted by Crippen LogP contribution is 2.21. The van der Waals surface area contributed by atoms with E-state index in [-0.39, 0.29) is 11.7 Å². The molecule has 0 radical (unpaired) electrons. The summed E-state index contributed by atoms with van der Waals surface area (Å²) in [5.41, 5.74) is 1.16. The number of β-amino-alcohol motifs (C(OH)–C–C–N with tert-alkyl or cyclic N) is 1. The van der Waals surface area contributed by atoms with Gasteiger partial charge < -0.3 is 15.1 Å². The highest BCUT2D eigenvalue weighted by Gasteiger charge is 2.18. The molecule has 4 nitrogen and oxygen atoms in total. The molecule has 2 N–H and O–H groups in total. The van der Waals surface area contributed by atoms with Crippen LogP contribution in [-0.2, 0) is 0 Å². The first kappa shape index (κ1) is 11.0. The Morgan fingerprint density at radius 3 is 2.94 bits per heavy atom. The molecule has 1 aromatic rings. The summed E-state index contributed by atoms with van der Waals surface area (Å²) in [5, 5.41) is 18.5. The standard InChI is InChI=1S/C12H15NO3/c14-11-5-2-6-13(8-11)10-4-1-3-9(7-10)12(15)16/h1,3-4,7,11,14H,2,5-6,8H2,(H,15,16). The van der Waals surface area contributed by atoms with Gasteiger partial charge in [-0.05, 0) is 31.0 Å². The van der Waals surface area contributed by atoms with Crippen molar-refractivity contribution in [3.05, 3.63) is 29.8 Å². The molecule has 0 aromatic heterocycles. The van der Waals surface area contributed by atoms with E-state index >= 15 is 0 Å². The van der Waals surface area contributed by atoms with Gasteiger partial charge in [0.05, 0.1) is 11.7 Å². The minimum atomic E-state index is -0.917. The van der Waals surface area contributed by atoms with Crippen LogP contribution in [0.2, 0.25) is 0 Å². The van der Waals surface area contributed by atoms with Gasteiger partial charge in [0.1, 0.15) is 0 Å². The normalized spacial score (nSPS) is 20.8. The maximum absolute atomic E-state index is 10.8.